The molecule has 7 nitrogen and oxygen atoms in total. The maximum atomic E-state index is 12.8. The standard InChI is InChI=1S/C23H19N5O2S/c1-28-13-12-24-21(28)20-19(16-10-6-3-7-11-16)25-23(31-20)26-22(29)18-14-17(27-30-18)15-8-4-2-5-9-15/h2-13,18H,14H2,1H3,(H,25,26,29). The fourth-order valence-electron chi connectivity index (χ4n) is 3.41. The highest BCUT2D eigenvalue weighted by Gasteiger charge is 2.30. The van der Waals surface area contributed by atoms with Crippen LogP contribution in [-0.2, 0) is 16.7 Å². The third-order valence-corrected chi connectivity index (χ3v) is 5.96. The SMILES string of the molecule is Cn1ccnc1-c1sc(NC(=O)C2CC(c3ccccc3)=NO2)nc1-c1ccccc1. The first-order valence-corrected chi connectivity index (χ1v) is 10.6. The number of benzene rings is 2. The molecule has 0 aliphatic carbocycles. The number of rotatable bonds is 5. The Morgan fingerprint density at radius 3 is 2.48 bits per heavy atom. The number of carbonyl (C=O) groups excluding carboxylic acids is 1. The van der Waals surface area contributed by atoms with Crippen molar-refractivity contribution in [3.8, 4) is 22.0 Å². The highest BCUT2D eigenvalue weighted by molar-refractivity contribution is 7.19. The predicted octanol–water partition coefficient (Wildman–Crippen LogP) is 4.34. The van der Waals surface area contributed by atoms with Gasteiger partial charge in [0.15, 0.2) is 11.0 Å². The van der Waals surface area contributed by atoms with Crippen molar-refractivity contribution in [3.05, 3.63) is 78.6 Å². The molecule has 5 rings (SSSR count). The molecule has 0 saturated carbocycles. The second kappa shape index (κ2) is 8.16. The van der Waals surface area contributed by atoms with E-state index >= 15 is 0 Å². The summed E-state index contributed by atoms with van der Waals surface area (Å²) >= 11 is 1.39. The van der Waals surface area contributed by atoms with E-state index in [0.717, 1.165) is 33.2 Å². The van der Waals surface area contributed by atoms with Gasteiger partial charge in [0.25, 0.3) is 5.91 Å². The summed E-state index contributed by atoms with van der Waals surface area (Å²) in [6.45, 7) is 0. The minimum Gasteiger partial charge on any atom is -0.382 e. The van der Waals surface area contributed by atoms with E-state index in [4.69, 9.17) is 9.82 Å². The number of thiazole rings is 1. The normalized spacial score (nSPS) is 15.4. The molecule has 2 aromatic heterocycles. The van der Waals surface area contributed by atoms with Crippen molar-refractivity contribution in [3.63, 3.8) is 0 Å². The largest absolute Gasteiger partial charge is 0.382 e. The average molecular weight is 430 g/mol. The Labute approximate surface area is 183 Å². The van der Waals surface area contributed by atoms with Gasteiger partial charge in [0.1, 0.15) is 0 Å². The van der Waals surface area contributed by atoms with Crippen molar-refractivity contribution >= 4 is 28.1 Å². The quantitative estimate of drug-likeness (QED) is 0.512. The van der Waals surface area contributed by atoms with Gasteiger partial charge >= 0.3 is 0 Å². The summed E-state index contributed by atoms with van der Waals surface area (Å²) in [5, 5.41) is 7.50. The van der Waals surface area contributed by atoms with Crippen LogP contribution in [0.4, 0.5) is 5.13 Å². The number of nitrogens with one attached hydrogen (secondary N) is 1. The molecule has 154 valence electrons. The Balaban J connectivity index is 1.38. The molecule has 0 radical (unpaired) electrons. The smallest absolute Gasteiger partial charge is 0.270 e. The third kappa shape index (κ3) is 3.85. The first kappa shape index (κ1) is 19.2. The molecule has 1 amide bonds. The minimum atomic E-state index is -0.684. The topological polar surface area (TPSA) is 81.4 Å². The Morgan fingerprint density at radius 1 is 1.10 bits per heavy atom. The molecular weight excluding hydrogens is 410 g/mol. The molecule has 1 N–H and O–H groups in total. The average Bonchev–Trinajstić information content (AvgIpc) is 3.54. The van der Waals surface area contributed by atoms with Crippen molar-refractivity contribution in [2.45, 2.75) is 12.5 Å². The van der Waals surface area contributed by atoms with Crippen LogP contribution in [0.5, 0.6) is 0 Å². The van der Waals surface area contributed by atoms with Crippen LogP contribution in [-0.4, -0.2) is 32.3 Å². The molecule has 2 aromatic carbocycles. The Morgan fingerprint density at radius 2 is 1.81 bits per heavy atom. The molecule has 1 atom stereocenters. The number of aromatic nitrogens is 3. The number of carbonyl (C=O) groups is 1. The summed E-state index contributed by atoms with van der Waals surface area (Å²) in [5.74, 6) is 0.526. The van der Waals surface area contributed by atoms with Crippen LogP contribution < -0.4 is 5.32 Å². The van der Waals surface area contributed by atoms with Gasteiger partial charge in [0.05, 0.1) is 16.3 Å². The molecule has 0 spiro atoms. The van der Waals surface area contributed by atoms with Crippen molar-refractivity contribution in [1.82, 2.24) is 14.5 Å². The summed E-state index contributed by atoms with van der Waals surface area (Å²) in [4.78, 5) is 28.3. The van der Waals surface area contributed by atoms with E-state index in [1.165, 1.54) is 11.3 Å². The molecule has 0 saturated heterocycles. The van der Waals surface area contributed by atoms with Gasteiger partial charge in [-0.3, -0.25) is 10.1 Å². The van der Waals surface area contributed by atoms with E-state index in [1.54, 1.807) is 6.20 Å². The van der Waals surface area contributed by atoms with Crippen LogP contribution in [0.3, 0.4) is 0 Å². The molecule has 4 aromatic rings. The number of imidazole rings is 1. The molecule has 8 heteroatoms. The van der Waals surface area contributed by atoms with Crippen LogP contribution in [0.2, 0.25) is 0 Å². The Kier molecular flexibility index (Phi) is 5.05. The predicted molar refractivity (Wildman–Crippen MR) is 121 cm³/mol. The van der Waals surface area contributed by atoms with Gasteiger partial charge < -0.3 is 9.40 Å². The molecule has 3 heterocycles. The first-order valence-electron chi connectivity index (χ1n) is 9.82. The molecule has 31 heavy (non-hydrogen) atoms. The van der Waals surface area contributed by atoms with E-state index in [1.807, 2.05) is 78.5 Å². The van der Waals surface area contributed by atoms with Crippen molar-refractivity contribution in [2.24, 2.45) is 12.2 Å². The third-order valence-electron chi connectivity index (χ3n) is 5.00. The van der Waals surface area contributed by atoms with Gasteiger partial charge in [0, 0.05) is 31.4 Å². The summed E-state index contributed by atoms with van der Waals surface area (Å²) < 4.78 is 1.94. The maximum absolute atomic E-state index is 12.8. The molecular formula is C23H19N5O2S. The Bertz CT molecular complexity index is 1250. The number of hydrogen-bond acceptors (Lipinski definition) is 6. The minimum absolute atomic E-state index is 0.269. The van der Waals surface area contributed by atoms with Gasteiger partial charge in [0.2, 0.25) is 6.10 Å². The second-order valence-electron chi connectivity index (χ2n) is 7.12. The zero-order chi connectivity index (χ0) is 21.2. The number of aryl methyl sites for hydroxylation is 1. The van der Waals surface area contributed by atoms with Crippen molar-refractivity contribution in [1.29, 1.82) is 0 Å². The monoisotopic (exact) mass is 429 g/mol. The number of amides is 1. The van der Waals surface area contributed by atoms with E-state index < -0.39 is 6.10 Å². The van der Waals surface area contributed by atoms with E-state index in [9.17, 15) is 4.79 Å². The highest BCUT2D eigenvalue weighted by Crippen LogP contribution is 2.38. The lowest BCUT2D eigenvalue weighted by molar-refractivity contribution is -0.125. The van der Waals surface area contributed by atoms with E-state index in [0.29, 0.717) is 11.6 Å². The molecule has 1 aliphatic heterocycles. The molecule has 1 unspecified atom stereocenters. The highest BCUT2D eigenvalue weighted by atomic mass is 32.1. The lowest BCUT2D eigenvalue weighted by Gasteiger charge is -2.07. The number of hydrogen-bond donors (Lipinski definition) is 1. The van der Waals surface area contributed by atoms with Crippen LogP contribution in [0, 0.1) is 0 Å². The zero-order valence-electron chi connectivity index (χ0n) is 16.7. The first-order chi connectivity index (χ1) is 15.2. The summed E-state index contributed by atoms with van der Waals surface area (Å²) in [6.07, 6.45) is 3.36. The fraction of sp³-hybridized carbons (Fsp3) is 0.130. The summed E-state index contributed by atoms with van der Waals surface area (Å²) in [5.41, 5.74) is 3.46. The van der Waals surface area contributed by atoms with E-state index in [-0.39, 0.29) is 5.91 Å². The number of oxime groups is 1. The zero-order valence-corrected chi connectivity index (χ0v) is 17.5. The van der Waals surface area contributed by atoms with E-state index in [2.05, 4.69) is 15.5 Å². The van der Waals surface area contributed by atoms with Crippen LogP contribution in [0.1, 0.15) is 12.0 Å². The lowest BCUT2D eigenvalue weighted by atomic mass is 10.1. The van der Waals surface area contributed by atoms with Gasteiger partial charge in [-0.25, -0.2) is 9.97 Å². The van der Waals surface area contributed by atoms with Crippen LogP contribution in [0.25, 0.3) is 22.0 Å². The van der Waals surface area contributed by atoms with Crippen LogP contribution in [0.15, 0.2) is 78.2 Å². The van der Waals surface area contributed by atoms with Gasteiger partial charge in [-0.05, 0) is 5.56 Å². The van der Waals surface area contributed by atoms with Gasteiger partial charge in [-0.1, -0.05) is 77.2 Å². The molecule has 1 aliphatic rings. The number of anilines is 1. The van der Waals surface area contributed by atoms with Crippen molar-refractivity contribution < 1.29 is 9.63 Å². The lowest BCUT2D eigenvalue weighted by Crippen LogP contribution is -2.28. The number of nitrogens with zero attached hydrogens (tertiary/aromatic N) is 4. The summed E-state index contributed by atoms with van der Waals surface area (Å²) in [6, 6.07) is 19.6. The Hall–Kier alpha value is -3.78. The maximum Gasteiger partial charge on any atom is 0.270 e. The van der Waals surface area contributed by atoms with Gasteiger partial charge in [-0.15, -0.1) is 0 Å². The van der Waals surface area contributed by atoms with Crippen LogP contribution >= 0.6 is 11.3 Å². The second-order valence-corrected chi connectivity index (χ2v) is 8.12. The fourth-order valence-corrected chi connectivity index (χ4v) is 4.44. The van der Waals surface area contributed by atoms with Gasteiger partial charge in [-0.2, -0.15) is 0 Å². The molecule has 0 bridgehead atoms. The molecule has 0 fully saturated rings. The summed E-state index contributed by atoms with van der Waals surface area (Å²) in [7, 11) is 1.93. The van der Waals surface area contributed by atoms with Crippen molar-refractivity contribution in [2.75, 3.05) is 5.32 Å².